The summed E-state index contributed by atoms with van der Waals surface area (Å²) in [4.78, 5) is 0. The molecule has 12 heavy (non-hydrogen) atoms. The lowest BCUT2D eigenvalue weighted by Crippen LogP contribution is -2.39. The van der Waals surface area contributed by atoms with Crippen molar-refractivity contribution in [3.63, 3.8) is 0 Å². The van der Waals surface area contributed by atoms with Crippen molar-refractivity contribution in [2.45, 2.75) is 57.8 Å². The van der Waals surface area contributed by atoms with E-state index in [1.54, 1.807) is 7.11 Å². The van der Waals surface area contributed by atoms with Crippen LogP contribution in [-0.2, 0) is 9.47 Å². The van der Waals surface area contributed by atoms with Gasteiger partial charge in [-0.3, -0.25) is 0 Å². The van der Waals surface area contributed by atoms with E-state index in [2.05, 4.69) is 13.8 Å². The van der Waals surface area contributed by atoms with Crippen molar-refractivity contribution in [3.8, 4) is 0 Å². The summed E-state index contributed by atoms with van der Waals surface area (Å²) in [6, 6.07) is 0. The molecule has 72 valence electrons. The van der Waals surface area contributed by atoms with E-state index in [0.29, 0.717) is 0 Å². The Hall–Kier alpha value is -0.0800. The first-order valence-electron chi connectivity index (χ1n) is 4.91. The lowest BCUT2D eigenvalue weighted by atomic mass is 9.94. The van der Waals surface area contributed by atoms with Gasteiger partial charge in [-0.05, 0) is 26.7 Å². The zero-order valence-electron chi connectivity index (χ0n) is 8.43. The fourth-order valence-corrected chi connectivity index (χ4v) is 1.89. The summed E-state index contributed by atoms with van der Waals surface area (Å²) >= 11 is 0. The quantitative estimate of drug-likeness (QED) is 0.609. The average Bonchev–Trinajstić information content (AvgIpc) is 2.05. The summed E-state index contributed by atoms with van der Waals surface area (Å²) in [6.07, 6.45) is 6.18. The number of hydrogen-bond acceptors (Lipinski definition) is 2. The van der Waals surface area contributed by atoms with Crippen LogP contribution in [0.1, 0.15) is 46.0 Å². The molecule has 0 unspecified atom stereocenters. The first-order chi connectivity index (χ1) is 5.68. The Morgan fingerprint density at radius 3 is 2.08 bits per heavy atom. The van der Waals surface area contributed by atoms with Crippen LogP contribution in [-0.4, -0.2) is 19.0 Å². The van der Waals surface area contributed by atoms with Crippen molar-refractivity contribution in [2.24, 2.45) is 0 Å². The normalized spacial score (nSPS) is 23.0. The minimum Gasteiger partial charge on any atom is -0.353 e. The van der Waals surface area contributed by atoms with Gasteiger partial charge in [-0.15, -0.1) is 0 Å². The molecule has 0 aliphatic heterocycles. The Bertz CT molecular complexity index is 126. The van der Waals surface area contributed by atoms with Gasteiger partial charge < -0.3 is 9.47 Å². The van der Waals surface area contributed by atoms with Crippen molar-refractivity contribution in [1.29, 1.82) is 0 Å². The molecule has 0 aromatic heterocycles. The first-order valence-corrected chi connectivity index (χ1v) is 4.91. The first kappa shape index (κ1) is 10.0. The number of ether oxygens (including phenoxy) is 2. The molecule has 0 atom stereocenters. The maximum atomic E-state index is 5.81. The highest BCUT2D eigenvalue weighted by Crippen LogP contribution is 2.32. The van der Waals surface area contributed by atoms with E-state index in [0.717, 1.165) is 12.8 Å². The second-order valence-electron chi connectivity index (χ2n) is 3.84. The maximum absolute atomic E-state index is 5.81. The van der Waals surface area contributed by atoms with E-state index in [1.807, 2.05) is 0 Å². The minimum absolute atomic E-state index is 0.258. The third-order valence-electron chi connectivity index (χ3n) is 2.44. The van der Waals surface area contributed by atoms with E-state index in [4.69, 9.17) is 9.47 Å². The van der Waals surface area contributed by atoms with Crippen LogP contribution in [0, 0.1) is 0 Å². The van der Waals surface area contributed by atoms with Gasteiger partial charge in [-0.1, -0.05) is 6.42 Å². The predicted octanol–water partition coefficient (Wildman–Crippen LogP) is 2.72. The fraction of sp³-hybridized carbons (Fsp3) is 1.00. The third kappa shape index (κ3) is 2.46. The van der Waals surface area contributed by atoms with Gasteiger partial charge in [-0.2, -0.15) is 0 Å². The molecule has 0 heterocycles. The van der Waals surface area contributed by atoms with Crippen LogP contribution < -0.4 is 0 Å². The van der Waals surface area contributed by atoms with E-state index in [-0.39, 0.29) is 11.9 Å². The molecule has 1 rings (SSSR count). The molecule has 0 spiro atoms. The Balaban J connectivity index is 2.48. The highest BCUT2D eigenvalue weighted by molar-refractivity contribution is 4.75. The van der Waals surface area contributed by atoms with E-state index in [9.17, 15) is 0 Å². The van der Waals surface area contributed by atoms with Crippen LogP contribution in [0.4, 0.5) is 0 Å². The van der Waals surface area contributed by atoms with Crippen molar-refractivity contribution >= 4 is 0 Å². The van der Waals surface area contributed by atoms with Gasteiger partial charge in [0.25, 0.3) is 0 Å². The topological polar surface area (TPSA) is 18.5 Å². The Morgan fingerprint density at radius 1 is 1.08 bits per heavy atom. The van der Waals surface area contributed by atoms with Crippen LogP contribution in [0.3, 0.4) is 0 Å². The largest absolute Gasteiger partial charge is 0.353 e. The van der Waals surface area contributed by atoms with Gasteiger partial charge in [-0.25, -0.2) is 0 Å². The van der Waals surface area contributed by atoms with Crippen LogP contribution >= 0.6 is 0 Å². The van der Waals surface area contributed by atoms with Gasteiger partial charge in [0.2, 0.25) is 0 Å². The molecule has 0 bridgehead atoms. The molecule has 2 heteroatoms. The summed E-state index contributed by atoms with van der Waals surface area (Å²) in [5.41, 5.74) is 0. The fourth-order valence-electron chi connectivity index (χ4n) is 1.89. The van der Waals surface area contributed by atoms with Crippen LogP contribution in [0.25, 0.3) is 0 Å². The van der Waals surface area contributed by atoms with E-state index >= 15 is 0 Å². The predicted molar refractivity (Wildman–Crippen MR) is 49.0 cm³/mol. The highest BCUT2D eigenvalue weighted by Gasteiger charge is 2.33. The minimum atomic E-state index is -0.258. The third-order valence-corrected chi connectivity index (χ3v) is 2.44. The van der Waals surface area contributed by atoms with Crippen molar-refractivity contribution in [2.75, 3.05) is 7.11 Å². The standard InChI is InChI=1S/C10H20O2/c1-9(2)12-10(11-3)7-5-4-6-8-10/h9H,4-8H2,1-3H3. The summed E-state index contributed by atoms with van der Waals surface area (Å²) in [6.45, 7) is 4.13. The Morgan fingerprint density at radius 2 is 1.67 bits per heavy atom. The highest BCUT2D eigenvalue weighted by atomic mass is 16.7. The van der Waals surface area contributed by atoms with Gasteiger partial charge in [0.15, 0.2) is 5.79 Å². The van der Waals surface area contributed by atoms with Crippen molar-refractivity contribution in [1.82, 2.24) is 0 Å². The van der Waals surface area contributed by atoms with Crippen LogP contribution in [0.15, 0.2) is 0 Å². The molecule has 0 aromatic carbocycles. The monoisotopic (exact) mass is 172 g/mol. The SMILES string of the molecule is COC1(OC(C)C)CCCCC1. The maximum Gasteiger partial charge on any atom is 0.168 e. The van der Waals surface area contributed by atoms with E-state index in [1.165, 1.54) is 19.3 Å². The van der Waals surface area contributed by atoms with Crippen molar-refractivity contribution < 1.29 is 9.47 Å². The second kappa shape index (κ2) is 4.24. The molecule has 0 amide bonds. The summed E-state index contributed by atoms with van der Waals surface area (Å²) in [5, 5.41) is 0. The summed E-state index contributed by atoms with van der Waals surface area (Å²) < 4.78 is 11.3. The zero-order valence-corrected chi connectivity index (χ0v) is 8.43. The Kier molecular flexibility index (Phi) is 3.53. The molecule has 0 saturated heterocycles. The molecule has 0 aromatic rings. The van der Waals surface area contributed by atoms with Gasteiger partial charge in [0, 0.05) is 20.0 Å². The van der Waals surface area contributed by atoms with Gasteiger partial charge in [0.05, 0.1) is 6.10 Å². The number of hydrogen-bond donors (Lipinski definition) is 0. The molecule has 1 fully saturated rings. The molecule has 1 aliphatic carbocycles. The smallest absolute Gasteiger partial charge is 0.168 e. The molecule has 2 nitrogen and oxygen atoms in total. The Labute approximate surface area is 75.2 Å². The molecule has 1 aliphatic rings. The molecule has 1 saturated carbocycles. The molecular formula is C10H20O2. The van der Waals surface area contributed by atoms with E-state index < -0.39 is 0 Å². The number of rotatable bonds is 3. The molecule has 0 radical (unpaired) electrons. The van der Waals surface area contributed by atoms with Crippen LogP contribution in [0.2, 0.25) is 0 Å². The average molecular weight is 172 g/mol. The van der Waals surface area contributed by atoms with Gasteiger partial charge in [0.1, 0.15) is 0 Å². The molecule has 0 N–H and O–H groups in total. The summed E-state index contributed by atoms with van der Waals surface area (Å²) in [7, 11) is 1.76. The van der Waals surface area contributed by atoms with Crippen LogP contribution in [0.5, 0.6) is 0 Å². The summed E-state index contributed by atoms with van der Waals surface area (Å²) in [5.74, 6) is -0.258. The lowest BCUT2D eigenvalue weighted by molar-refractivity contribution is -0.254. The van der Waals surface area contributed by atoms with Gasteiger partial charge >= 0.3 is 0 Å². The lowest BCUT2D eigenvalue weighted by Gasteiger charge is -2.37. The van der Waals surface area contributed by atoms with Crippen molar-refractivity contribution in [3.05, 3.63) is 0 Å². The zero-order chi connectivity index (χ0) is 9.03. The second-order valence-corrected chi connectivity index (χ2v) is 3.84. The molecular weight excluding hydrogens is 152 g/mol. The number of methoxy groups -OCH3 is 1.